The third kappa shape index (κ3) is 3.31. The van der Waals surface area contributed by atoms with Crippen molar-refractivity contribution in [3.63, 3.8) is 0 Å². The fourth-order valence-corrected chi connectivity index (χ4v) is 1.46. The van der Waals surface area contributed by atoms with Crippen LogP contribution in [0.3, 0.4) is 0 Å². The molecule has 1 amide bonds. The van der Waals surface area contributed by atoms with E-state index in [0.29, 0.717) is 19.5 Å². The summed E-state index contributed by atoms with van der Waals surface area (Å²) >= 11 is 0. The van der Waals surface area contributed by atoms with Gasteiger partial charge in [0.05, 0.1) is 0 Å². The minimum atomic E-state index is -0.300. The number of carbonyl (C=O) groups excluding carboxylic acids is 1. The Morgan fingerprint density at radius 3 is 2.50 bits per heavy atom. The minimum absolute atomic E-state index is 0.0278. The maximum Gasteiger partial charge on any atom is 0.226 e. The molecular formula is C12H17FN2O. The Kier molecular flexibility index (Phi) is 4.92. The fraction of sp³-hybridized carbons (Fsp3) is 0.417. The second-order valence-corrected chi connectivity index (χ2v) is 3.52. The predicted octanol–water partition coefficient (Wildman–Crippen LogP) is 1.92. The van der Waals surface area contributed by atoms with Crippen LogP contribution in [0.25, 0.3) is 0 Å². The Morgan fingerprint density at radius 1 is 1.38 bits per heavy atom. The molecule has 1 aromatic carbocycles. The van der Waals surface area contributed by atoms with Crippen molar-refractivity contribution in [3.8, 4) is 0 Å². The summed E-state index contributed by atoms with van der Waals surface area (Å²) in [6, 6.07) is 5.93. The van der Waals surface area contributed by atoms with E-state index in [4.69, 9.17) is 5.73 Å². The van der Waals surface area contributed by atoms with Gasteiger partial charge in [-0.2, -0.15) is 0 Å². The molecule has 1 aromatic rings. The van der Waals surface area contributed by atoms with Crippen LogP contribution in [0.15, 0.2) is 24.3 Å². The zero-order chi connectivity index (χ0) is 12.0. The number of carbonyl (C=O) groups is 1. The predicted molar refractivity (Wildman–Crippen MR) is 62.7 cm³/mol. The van der Waals surface area contributed by atoms with Crippen LogP contribution in [0.1, 0.15) is 19.8 Å². The van der Waals surface area contributed by atoms with Crippen LogP contribution in [0.4, 0.5) is 10.1 Å². The molecule has 0 unspecified atom stereocenters. The Morgan fingerprint density at radius 2 is 2.00 bits per heavy atom. The molecule has 0 bridgehead atoms. The molecule has 1 rings (SSSR count). The highest BCUT2D eigenvalue weighted by Gasteiger charge is 2.12. The maximum absolute atomic E-state index is 12.8. The molecule has 0 saturated carbocycles. The number of rotatable bonds is 5. The van der Waals surface area contributed by atoms with Crippen LogP contribution >= 0.6 is 0 Å². The standard InChI is InChI=1S/C12H17FN2O/c1-2-12(16)15(9-3-8-14)11-6-4-10(13)5-7-11/h4-7H,2-3,8-9,14H2,1H3. The first-order valence-electron chi connectivity index (χ1n) is 5.45. The number of hydrogen-bond donors (Lipinski definition) is 1. The van der Waals surface area contributed by atoms with Gasteiger partial charge in [0.25, 0.3) is 0 Å². The molecule has 0 radical (unpaired) electrons. The van der Waals surface area contributed by atoms with Crippen molar-refractivity contribution >= 4 is 11.6 Å². The highest BCUT2D eigenvalue weighted by molar-refractivity contribution is 5.93. The van der Waals surface area contributed by atoms with Crippen molar-refractivity contribution in [1.29, 1.82) is 0 Å². The van der Waals surface area contributed by atoms with Gasteiger partial charge in [0.2, 0.25) is 5.91 Å². The van der Waals surface area contributed by atoms with Gasteiger partial charge in [0, 0.05) is 18.7 Å². The van der Waals surface area contributed by atoms with E-state index in [9.17, 15) is 9.18 Å². The van der Waals surface area contributed by atoms with Crippen molar-refractivity contribution < 1.29 is 9.18 Å². The van der Waals surface area contributed by atoms with E-state index in [2.05, 4.69) is 0 Å². The van der Waals surface area contributed by atoms with Gasteiger partial charge >= 0.3 is 0 Å². The molecule has 3 nitrogen and oxygen atoms in total. The molecule has 16 heavy (non-hydrogen) atoms. The van der Waals surface area contributed by atoms with Crippen LogP contribution < -0.4 is 10.6 Å². The number of amides is 1. The second-order valence-electron chi connectivity index (χ2n) is 3.52. The lowest BCUT2D eigenvalue weighted by molar-refractivity contribution is -0.118. The Hall–Kier alpha value is -1.42. The van der Waals surface area contributed by atoms with Gasteiger partial charge in [0.15, 0.2) is 0 Å². The van der Waals surface area contributed by atoms with Crippen molar-refractivity contribution in [3.05, 3.63) is 30.1 Å². The Bertz CT molecular complexity index is 337. The summed E-state index contributed by atoms with van der Waals surface area (Å²) in [7, 11) is 0. The monoisotopic (exact) mass is 224 g/mol. The van der Waals surface area contributed by atoms with Crippen LogP contribution in [0.2, 0.25) is 0 Å². The highest BCUT2D eigenvalue weighted by Crippen LogP contribution is 2.16. The average molecular weight is 224 g/mol. The van der Waals surface area contributed by atoms with Crippen LogP contribution in [0.5, 0.6) is 0 Å². The van der Waals surface area contributed by atoms with Crippen molar-refractivity contribution in [2.45, 2.75) is 19.8 Å². The average Bonchev–Trinajstić information content (AvgIpc) is 2.31. The zero-order valence-electron chi connectivity index (χ0n) is 9.45. The van der Waals surface area contributed by atoms with Crippen molar-refractivity contribution in [2.75, 3.05) is 18.0 Å². The molecule has 0 aliphatic heterocycles. The number of nitrogens with two attached hydrogens (primary N) is 1. The zero-order valence-corrected chi connectivity index (χ0v) is 9.45. The quantitative estimate of drug-likeness (QED) is 0.830. The first-order valence-corrected chi connectivity index (χ1v) is 5.45. The van der Waals surface area contributed by atoms with Gasteiger partial charge in [-0.05, 0) is 37.2 Å². The van der Waals surface area contributed by atoms with Gasteiger partial charge in [-0.25, -0.2) is 4.39 Å². The summed E-state index contributed by atoms with van der Waals surface area (Å²) in [6.45, 7) is 2.92. The number of nitrogens with zero attached hydrogens (tertiary/aromatic N) is 1. The lowest BCUT2D eigenvalue weighted by Gasteiger charge is -2.22. The lowest BCUT2D eigenvalue weighted by Crippen LogP contribution is -2.32. The molecule has 0 aliphatic rings. The van der Waals surface area contributed by atoms with Crippen molar-refractivity contribution in [1.82, 2.24) is 0 Å². The highest BCUT2D eigenvalue weighted by atomic mass is 19.1. The topological polar surface area (TPSA) is 46.3 Å². The summed E-state index contributed by atoms with van der Waals surface area (Å²) in [5.41, 5.74) is 6.15. The summed E-state index contributed by atoms with van der Waals surface area (Å²) in [6.07, 6.45) is 1.17. The van der Waals surface area contributed by atoms with E-state index in [1.807, 2.05) is 0 Å². The molecule has 0 aliphatic carbocycles. The van der Waals surface area contributed by atoms with E-state index < -0.39 is 0 Å². The van der Waals surface area contributed by atoms with Gasteiger partial charge < -0.3 is 10.6 Å². The molecule has 0 saturated heterocycles. The van der Waals surface area contributed by atoms with Crippen LogP contribution in [0, 0.1) is 5.82 Å². The largest absolute Gasteiger partial charge is 0.330 e. The first-order chi connectivity index (χ1) is 7.69. The molecule has 88 valence electrons. The number of halogens is 1. The molecule has 2 N–H and O–H groups in total. The third-order valence-electron chi connectivity index (χ3n) is 2.33. The molecule has 4 heteroatoms. The van der Waals surface area contributed by atoms with Crippen LogP contribution in [-0.4, -0.2) is 19.0 Å². The molecule has 0 heterocycles. The van der Waals surface area contributed by atoms with Crippen molar-refractivity contribution in [2.24, 2.45) is 5.73 Å². The summed E-state index contributed by atoms with van der Waals surface area (Å²) < 4.78 is 12.8. The maximum atomic E-state index is 12.8. The fourth-order valence-electron chi connectivity index (χ4n) is 1.46. The van der Waals surface area contributed by atoms with E-state index in [0.717, 1.165) is 12.1 Å². The third-order valence-corrected chi connectivity index (χ3v) is 2.33. The molecular weight excluding hydrogens is 207 g/mol. The number of hydrogen-bond acceptors (Lipinski definition) is 2. The summed E-state index contributed by atoms with van der Waals surface area (Å²) in [5.74, 6) is -0.272. The van der Waals surface area contributed by atoms with Gasteiger partial charge in [-0.1, -0.05) is 6.92 Å². The van der Waals surface area contributed by atoms with Gasteiger partial charge in [0.1, 0.15) is 5.82 Å². The van der Waals surface area contributed by atoms with Crippen LogP contribution in [-0.2, 0) is 4.79 Å². The SMILES string of the molecule is CCC(=O)N(CCCN)c1ccc(F)cc1. The first kappa shape index (κ1) is 12.6. The molecule has 0 fully saturated rings. The van der Waals surface area contributed by atoms with E-state index in [-0.39, 0.29) is 11.7 Å². The molecule has 0 aromatic heterocycles. The normalized spacial score (nSPS) is 10.2. The Labute approximate surface area is 95.0 Å². The second kappa shape index (κ2) is 6.23. The summed E-state index contributed by atoms with van der Waals surface area (Å²) in [4.78, 5) is 13.3. The minimum Gasteiger partial charge on any atom is -0.330 e. The number of benzene rings is 1. The van der Waals surface area contributed by atoms with E-state index in [1.165, 1.54) is 12.1 Å². The lowest BCUT2D eigenvalue weighted by atomic mass is 10.2. The van der Waals surface area contributed by atoms with E-state index in [1.54, 1.807) is 24.0 Å². The molecule has 0 spiro atoms. The smallest absolute Gasteiger partial charge is 0.226 e. The Balaban J connectivity index is 2.82. The van der Waals surface area contributed by atoms with Gasteiger partial charge in [-0.15, -0.1) is 0 Å². The molecule has 0 atom stereocenters. The number of anilines is 1. The summed E-state index contributed by atoms with van der Waals surface area (Å²) in [5, 5.41) is 0. The van der Waals surface area contributed by atoms with Gasteiger partial charge in [-0.3, -0.25) is 4.79 Å². The van der Waals surface area contributed by atoms with E-state index >= 15 is 0 Å².